The molecule has 1 heteroatoms. The highest BCUT2D eigenvalue weighted by Crippen LogP contribution is 2.37. The molecule has 0 bridgehead atoms. The van der Waals surface area contributed by atoms with Crippen LogP contribution in [0.2, 0.25) is 0 Å². The monoisotopic (exact) mass is 165 g/mol. The minimum Gasteiger partial charge on any atom is -0.399 e. The Hall–Kier alpha value is -0.720. The average Bonchev–Trinajstić information content (AvgIpc) is 1.97. The molecule has 1 aliphatic carbocycles. The maximum Gasteiger partial charge on any atom is 0.0300 e. The van der Waals surface area contributed by atoms with E-state index in [0.717, 1.165) is 12.1 Å². The fourth-order valence-electron chi connectivity index (χ4n) is 1.53. The molecule has 68 valence electrons. The molecule has 0 aromatic carbocycles. The van der Waals surface area contributed by atoms with Crippen LogP contribution in [0.15, 0.2) is 23.4 Å². The lowest BCUT2D eigenvalue weighted by atomic mass is 9.72. The lowest BCUT2D eigenvalue weighted by Crippen LogP contribution is -2.24. The van der Waals surface area contributed by atoms with E-state index in [2.05, 4.69) is 39.8 Å². The molecule has 0 spiro atoms. The second-order valence-electron chi connectivity index (χ2n) is 4.35. The van der Waals surface area contributed by atoms with Crippen molar-refractivity contribution in [2.45, 2.75) is 34.1 Å². The molecule has 0 fully saturated rings. The van der Waals surface area contributed by atoms with Gasteiger partial charge in [0, 0.05) is 5.70 Å². The van der Waals surface area contributed by atoms with Crippen LogP contribution in [0.1, 0.15) is 34.1 Å². The molecule has 1 nitrogen and oxygen atoms in total. The van der Waals surface area contributed by atoms with Crippen LogP contribution in [0.4, 0.5) is 0 Å². The second-order valence-corrected chi connectivity index (χ2v) is 4.35. The molecule has 0 saturated carbocycles. The van der Waals surface area contributed by atoms with Crippen molar-refractivity contribution in [3.8, 4) is 0 Å². The van der Waals surface area contributed by atoms with E-state index in [1.165, 1.54) is 5.57 Å². The number of allylic oxidation sites excluding steroid dienone is 3. The van der Waals surface area contributed by atoms with Crippen LogP contribution >= 0.6 is 0 Å². The Morgan fingerprint density at radius 2 is 2.08 bits per heavy atom. The molecule has 2 N–H and O–H groups in total. The highest BCUT2D eigenvalue weighted by atomic mass is 14.6. The molecule has 1 unspecified atom stereocenters. The Balaban J connectivity index is 2.90. The Morgan fingerprint density at radius 1 is 1.50 bits per heavy atom. The molecule has 12 heavy (non-hydrogen) atoms. The van der Waals surface area contributed by atoms with Crippen molar-refractivity contribution in [1.82, 2.24) is 0 Å². The Morgan fingerprint density at radius 3 is 2.50 bits per heavy atom. The van der Waals surface area contributed by atoms with Crippen molar-refractivity contribution >= 4 is 0 Å². The number of hydrogen-bond acceptors (Lipinski definition) is 1. The van der Waals surface area contributed by atoms with Crippen molar-refractivity contribution in [3.63, 3.8) is 0 Å². The third-order valence-electron chi connectivity index (χ3n) is 3.08. The van der Waals surface area contributed by atoms with E-state index in [9.17, 15) is 0 Å². The van der Waals surface area contributed by atoms with Crippen molar-refractivity contribution < 1.29 is 0 Å². The van der Waals surface area contributed by atoms with Crippen LogP contribution in [0.25, 0.3) is 0 Å². The first-order valence-corrected chi connectivity index (χ1v) is 4.61. The smallest absolute Gasteiger partial charge is 0.0300 e. The third kappa shape index (κ3) is 1.55. The summed E-state index contributed by atoms with van der Waals surface area (Å²) < 4.78 is 0. The van der Waals surface area contributed by atoms with Crippen molar-refractivity contribution in [3.05, 3.63) is 23.4 Å². The first kappa shape index (κ1) is 9.37. The van der Waals surface area contributed by atoms with Gasteiger partial charge in [-0.2, -0.15) is 0 Å². The maximum absolute atomic E-state index is 5.79. The van der Waals surface area contributed by atoms with Gasteiger partial charge in [-0.15, -0.1) is 0 Å². The Labute approximate surface area is 75.3 Å². The molecular weight excluding hydrogens is 146 g/mol. The third-order valence-corrected chi connectivity index (χ3v) is 3.08. The number of nitrogens with two attached hydrogens (primary N) is 1. The molecule has 0 aromatic heterocycles. The topological polar surface area (TPSA) is 26.0 Å². The summed E-state index contributed by atoms with van der Waals surface area (Å²) in [5.74, 6) is 0.678. The Bertz CT molecular complexity index is 235. The van der Waals surface area contributed by atoms with Gasteiger partial charge in [-0.1, -0.05) is 32.9 Å². The normalized spacial score (nSPS) is 30.1. The Kier molecular flexibility index (Phi) is 2.31. The van der Waals surface area contributed by atoms with E-state index in [1.807, 2.05) is 0 Å². The van der Waals surface area contributed by atoms with Crippen LogP contribution in [0.5, 0.6) is 0 Å². The van der Waals surface area contributed by atoms with E-state index in [-0.39, 0.29) is 0 Å². The fraction of sp³-hybridized carbons (Fsp3) is 0.636. The standard InChI is InChI=1S/C11H19N/c1-8(2)11(4)6-5-10(12)9(3)7-11/h5,7-8H,6,12H2,1-4H3. The number of rotatable bonds is 1. The van der Waals surface area contributed by atoms with Gasteiger partial charge >= 0.3 is 0 Å². The minimum absolute atomic E-state index is 0.312. The van der Waals surface area contributed by atoms with Crippen LogP contribution in [0.3, 0.4) is 0 Å². The van der Waals surface area contributed by atoms with Crippen molar-refractivity contribution in [2.75, 3.05) is 0 Å². The summed E-state index contributed by atoms with van der Waals surface area (Å²) in [6.07, 6.45) is 5.54. The molecular formula is C11H19N. The van der Waals surface area contributed by atoms with E-state index >= 15 is 0 Å². The van der Waals surface area contributed by atoms with Crippen LogP contribution in [-0.4, -0.2) is 0 Å². The molecule has 1 atom stereocenters. The molecule has 0 aliphatic heterocycles. The summed E-state index contributed by atoms with van der Waals surface area (Å²) in [5.41, 5.74) is 8.29. The largest absolute Gasteiger partial charge is 0.399 e. The lowest BCUT2D eigenvalue weighted by molar-refractivity contribution is 0.296. The van der Waals surface area contributed by atoms with E-state index in [1.54, 1.807) is 0 Å². The van der Waals surface area contributed by atoms with Gasteiger partial charge in [-0.05, 0) is 30.3 Å². The minimum atomic E-state index is 0.312. The average molecular weight is 165 g/mol. The molecule has 1 rings (SSSR count). The highest BCUT2D eigenvalue weighted by molar-refractivity contribution is 5.32. The predicted octanol–water partition coefficient (Wildman–Crippen LogP) is 2.84. The molecule has 0 aromatic rings. The molecule has 0 amide bonds. The summed E-state index contributed by atoms with van der Waals surface area (Å²) in [6, 6.07) is 0. The van der Waals surface area contributed by atoms with Crippen LogP contribution < -0.4 is 5.73 Å². The first-order valence-electron chi connectivity index (χ1n) is 4.61. The zero-order valence-electron chi connectivity index (χ0n) is 8.52. The van der Waals surface area contributed by atoms with Gasteiger partial charge < -0.3 is 5.73 Å². The summed E-state index contributed by atoms with van der Waals surface area (Å²) >= 11 is 0. The number of hydrogen-bond donors (Lipinski definition) is 1. The molecule has 1 aliphatic rings. The zero-order chi connectivity index (χ0) is 9.35. The van der Waals surface area contributed by atoms with E-state index in [0.29, 0.717) is 11.3 Å². The van der Waals surface area contributed by atoms with Crippen molar-refractivity contribution in [1.29, 1.82) is 0 Å². The van der Waals surface area contributed by atoms with Gasteiger partial charge in [0.25, 0.3) is 0 Å². The zero-order valence-corrected chi connectivity index (χ0v) is 8.52. The summed E-state index contributed by atoms with van der Waals surface area (Å²) in [4.78, 5) is 0. The van der Waals surface area contributed by atoms with Gasteiger partial charge in [0.15, 0.2) is 0 Å². The van der Waals surface area contributed by atoms with Gasteiger partial charge in [-0.25, -0.2) is 0 Å². The summed E-state index contributed by atoms with van der Waals surface area (Å²) in [7, 11) is 0. The van der Waals surface area contributed by atoms with E-state index < -0.39 is 0 Å². The molecule has 0 heterocycles. The molecule has 0 saturated heterocycles. The molecule has 0 radical (unpaired) electrons. The van der Waals surface area contributed by atoms with Gasteiger partial charge in [-0.3, -0.25) is 0 Å². The highest BCUT2D eigenvalue weighted by Gasteiger charge is 2.27. The van der Waals surface area contributed by atoms with Gasteiger partial charge in [0.2, 0.25) is 0 Å². The van der Waals surface area contributed by atoms with Crippen LogP contribution in [0, 0.1) is 11.3 Å². The van der Waals surface area contributed by atoms with Gasteiger partial charge in [0.1, 0.15) is 0 Å². The summed E-state index contributed by atoms with van der Waals surface area (Å²) in [5, 5.41) is 0. The predicted molar refractivity (Wildman–Crippen MR) is 53.6 cm³/mol. The van der Waals surface area contributed by atoms with Gasteiger partial charge in [0.05, 0.1) is 0 Å². The SMILES string of the molecule is CC1=CC(C)(C(C)C)CC=C1N. The fourth-order valence-corrected chi connectivity index (χ4v) is 1.53. The lowest BCUT2D eigenvalue weighted by Gasteiger charge is -2.33. The van der Waals surface area contributed by atoms with Crippen LogP contribution in [-0.2, 0) is 0 Å². The first-order chi connectivity index (χ1) is 5.46. The van der Waals surface area contributed by atoms with E-state index in [4.69, 9.17) is 5.73 Å². The second kappa shape index (κ2) is 2.96. The maximum atomic E-state index is 5.79. The quantitative estimate of drug-likeness (QED) is 0.635. The van der Waals surface area contributed by atoms with Crippen molar-refractivity contribution in [2.24, 2.45) is 17.1 Å². The summed E-state index contributed by atoms with van der Waals surface area (Å²) in [6.45, 7) is 8.91.